The average molecular weight is 312 g/mol. The molecule has 1 atom stereocenters. The highest BCUT2D eigenvalue weighted by molar-refractivity contribution is 5.98. The van der Waals surface area contributed by atoms with Crippen LogP contribution in [0.3, 0.4) is 0 Å². The number of hydrogen-bond donors (Lipinski definition) is 1. The summed E-state index contributed by atoms with van der Waals surface area (Å²) in [5.41, 5.74) is 1.42. The second kappa shape index (κ2) is 5.76. The lowest BCUT2D eigenvalue weighted by atomic mass is 9.84. The van der Waals surface area contributed by atoms with Crippen LogP contribution in [0.4, 0.5) is 0 Å². The van der Waals surface area contributed by atoms with Crippen molar-refractivity contribution in [2.75, 3.05) is 7.11 Å². The summed E-state index contributed by atoms with van der Waals surface area (Å²) >= 11 is 0. The van der Waals surface area contributed by atoms with Gasteiger partial charge in [-0.1, -0.05) is 18.2 Å². The molecule has 1 aliphatic rings. The number of phenols is 1. The lowest BCUT2D eigenvalue weighted by molar-refractivity contribution is -0.135. The van der Waals surface area contributed by atoms with Gasteiger partial charge in [0.25, 0.3) is 0 Å². The van der Waals surface area contributed by atoms with Gasteiger partial charge in [-0.2, -0.15) is 0 Å². The van der Waals surface area contributed by atoms with E-state index in [2.05, 4.69) is 0 Å². The molecule has 0 spiro atoms. The van der Waals surface area contributed by atoms with Gasteiger partial charge in [-0.05, 0) is 25.1 Å². The zero-order chi connectivity index (χ0) is 16.6. The molecule has 0 aromatic heterocycles. The fourth-order valence-electron chi connectivity index (χ4n) is 2.95. The van der Waals surface area contributed by atoms with Crippen LogP contribution >= 0.6 is 0 Å². The van der Waals surface area contributed by atoms with Crippen molar-refractivity contribution in [2.24, 2.45) is 0 Å². The van der Waals surface area contributed by atoms with Gasteiger partial charge in [0.05, 0.1) is 19.1 Å². The van der Waals surface area contributed by atoms with Crippen molar-refractivity contribution in [1.29, 1.82) is 0 Å². The average Bonchev–Trinajstić information content (AvgIpc) is 2.53. The summed E-state index contributed by atoms with van der Waals surface area (Å²) in [6.07, 6.45) is 0.0717. The van der Waals surface area contributed by atoms with E-state index in [1.165, 1.54) is 13.0 Å². The highest BCUT2D eigenvalue weighted by Crippen LogP contribution is 2.47. The topological polar surface area (TPSA) is 72.8 Å². The molecule has 0 aliphatic carbocycles. The Balaban J connectivity index is 2.23. The Morgan fingerprint density at radius 1 is 1.26 bits per heavy atom. The number of rotatable bonds is 3. The summed E-state index contributed by atoms with van der Waals surface area (Å²) in [6.45, 7) is 1.38. The van der Waals surface area contributed by atoms with Crippen LogP contribution in [0.5, 0.6) is 17.2 Å². The number of ether oxygens (including phenoxy) is 2. The standard InChI is InChI=1S/C18H16O5/c1-10(19)11-7-8-15-17(18(11)21)13(9-16(20)23-15)12-5-3-4-6-14(12)22-2/h3-8,13,21H,9H2,1-2H3. The van der Waals surface area contributed by atoms with Crippen LogP contribution in [0, 0.1) is 0 Å². The zero-order valence-corrected chi connectivity index (χ0v) is 12.8. The number of methoxy groups -OCH3 is 1. The van der Waals surface area contributed by atoms with Crippen molar-refractivity contribution < 1.29 is 24.2 Å². The minimum absolute atomic E-state index is 0.0717. The molecular formula is C18H16O5. The molecule has 0 bridgehead atoms. The lowest BCUT2D eigenvalue weighted by Gasteiger charge is -2.27. The van der Waals surface area contributed by atoms with Gasteiger partial charge in [-0.25, -0.2) is 0 Å². The van der Waals surface area contributed by atoms with Crippen molar-refractivity contribution in [2.45, 2.75) is 19.3 Å². The molecule has 1 heterocycles. The number of fused-ring (bicyclic) bond motifs is 1. The van der Waals surface area contributed by atoms with E-state index in [0.717, 1.165) is 5.56 Å². The predicted molar refractivity (Wildman–Crippen MR) is 83.2 cm³/mol. The highest BCUT2D eigenvalue weighted by atomic mass is 16.5. The third-order valence-electron chi connectivity index (χ3n) is 4.01. The van der Waals surface area contributed by atoms with Gasteiger partial charge in [-0.15, -0.1) is 0 Å². The van der Waals surface area contributed by atoms with Gasteiger partial charge in [0.1, 0.15) is 17.2 Å². The molecule has 0 fully saturated rings. The largest absolute Gasteiger partial charge is 0.507 e. The van der Waals surface area contributed by atoms with Crippen molar-refractivity contribution >= 4 is 11.8 Å². The molecule has 1 unspecified atom stereocenters. The third kappa shape index (κ3) is 2.54. The number of carbonyl (C=O) groups excluding carboxylic acids is 2. The van der Waals surface area contributed by atoms with E-state index in [1.807, 2.05) is 18.2 Å². The Bertz CT molecular complexity index is 794. The fourth-order valence-corrected chi connectivity index (χ4v) is 2.95. The maximum atomic E-state index is 11.9. The van der Waals surface area contributed by atoms with Gasteiger partial charge in [0.2, 0.25) is 0 Å². The summed E-state index contributed by atoms with van der Waals surface area (Å²) < 4.78 is 10.6. The molecule has 5 heteroatoms. The van der Waals surface area contributed by atoms with E-state index in [-0.39, 0.29) is 35.2 Å². The van der Waals surface area contributed by atoms with Crippen molar-refractivity contribution in [1.82, 2.24) is 0 Å². The Morgan fingerprint density at radius 3 is 2.70 bits per heavy atom. The van der Waals surface area contributed by atoms with Crippen LogP contribution in [-0.2, 0) is 4.79 Å². The van der Waals surface area contributed by atoms with Gasteiger partial charge in [-0.3, -0.25) is 9.59 Å². The molecule has 23 heavy (non-hydrogen) atoms. The number of aromatic hydroxyl groups is 1. The summed E-state index contributed by atoms with van der Waals surface area (Å²) in [5, 5.41) is 10.5. The Labute approximate surface area is 133 Å². The van der Waals surface area contributed by atoms with Crippen molar-refractivity contribution in [3.63, 3.8) is 0 Å². The molecule has 2 aromatic carbocycles. The molecule has 0 amide bonds. The third-order valence-corrected chi connectivity index (χ3v) is 4.01. The number of para-hydroxylation sites is 1. The summed E-state index contributed by atoms with van der Waals surface area (Å²) in [6, 6.07) is 10.3. The number of Topliss-reactive ketones (excluding diaryl/α,β-unsaturated/α-hetero) is 1. The number of benzene rings is 2. The second-order valence-electron chi connectivity index (χ2n) is 5.40. The van der Waals surface area contributed by atoms with E-state index in [0.29, 0.717) is 11.3 Å². The monoisotopic (exact) mass is 312 g/mol. The molecule has 0 saturated heterocycles. The van der Waals surface area contributed by atoms with Gasteiger partial charge in [0, 0.05) is 17.0 Å². The first kappa shape index (κ1) is 15.1. The molecule has 0 saturated carbocycles. The molecule has 1 aliphatic heterocycles. The van der Waals surface area contributed by atoms with Crippen molar-refractivity contribution in [3.8, 4) is 17.2 Å². The Morgan fingerprint density at radius 2 is 2.00 bits per heavy atom. The first-order chi connectivity index (χ1) is 11.0. The van der Waals surface area contributed by atoms with E-state index >= 15 is 0 Å². The van der Waals surface area contributed by atoms with E-state index < -0.39 is 5.92 Å². The molecule has 118 valence electrons. The molecule has 5 nitrogen and oxygen atoms in total. The first-order valence-corrected chi connectivity index (χ1v) is 7.23. The number of ketones is 1. The minimum atomic E-state index is -0.429. The van der Waals surface area contributed by atoms with Crippen LogP contribution in [-0.4, -0.2) is 24.0 Å². The minimum Gasteiger partial charge on any atom is -0.507 e. The molecular weight excluding hydrogens is 296 g/mol. The lowest BCUT2D eigenvalue weighted by Crippen LogP contribution is -2.22. The van der Waals surface area contributed by atoms with Crippen LogP contribution in [0.2, 0.25) is 0 Å². The zero-order valence-electron chi connectivity index (χ0n) is 12.8. The van der Waals surface area contributed by atoms with E-state index in [9.17, 15) is 14.7 Å². The Kier molecular flexibility index (Phi) is 3.78. The van der Waals surface area contributed by atoms with Crippen LogP contribution < -0.4 is 9.47 Å². The summed E-state index contributed by atoms with van der Waals surface area (Å²) in [7, 11) is 1.55. The van der Waals surface area contributed by atoms with Gasteiger partial charge in [0.15, 0.2) is 5.78 Å². The van der Waals surface area contributed by atoms with Gasteiger partial charge >= 0.3 is 5.97 Å². The maximum Gasteiger partial charge on any atom is 0.312 e. The van der Waals surface area contributed by atoms with Crippen LogP contribution in [0.25, 0.3) is 0 Å². The van der Waals surface area contributed by atoms with E-state index in [1.54, 1.807) is 19.2 Å². The maximum absolute atomic E-state index is 11.9. The Hall–Kier alpha value is -2.82. The molecule has 2 aromatic rings. The number of hydrogen-bond acceptors (Lipinski definition) is 5. The van der Waals surface area contributed by atoms with Crippen LogP contribution in [0.15, 0.2) is 36.4 Å². The summed E-state index contributed by atoms with van der Waals surface area (Å²) in [4.78, 5) is 23.6. The van der Waals surface area contributed by atoms with Crippen LogP contribution in [0.1, 0.15) is 40.7 Å². The quantitative estimate of drug-likeness (QED) is 0.536. The normalized spacial score (nSPS) is 16.4. The summed E-state index contributed by atoms with van der Waals surface area (Å²) in [5.74, 6) is -0.310. The smallest absolute Gasteiger partial charge is 0.312 e. The second-order valence-corrected chi connectivity index (χ2v) is 5.40. The number of esters is 1. The van der Waals surface area contributed by atoms with Crippen molar-refractivity contribution in [3.05, 3.63) is 53.1 Å². The van der Waals surface area contributed by atoms with E-state index in [4.69, 9.17) is 9.47 Å². The first-order valence-electron chi connectivity index (χ1n) is 7.23. The number of phenolic OH excluding ortho intramolecular Hbond substituents is 1. The molecule has 3 rings (SSSR count). The highest BCUT2D eigenvalue weighted by Gasteiger charge is 2.34. The van der Waals surface area contributed by atoms with Gasteiger partial charge < -0.3 is 14.6 Å². The molecule has 1 N–H and O–H groups in total. The fraction of sp³-hybridized carbons (Fsp3) is 0.222. The number of carbonyl (C=O) groups is 2. The molecule has 0 radical (unpaired) electrons. The SMILES string of the molecule is COc1ccccc1C1CC(=O)Oc2ccc(C(C)=O)c(O)c21. The predicted octanol–water partition coefficient (Wildman–Crippen LogP) is 3.04.